The van der Waals surface area contributed by atoms with Crippen LogP contribution in [-0.2, 0) is 0 Å². The van der Waals surface area contributed by atoms with Crippen molar-refractivity contribution in [1.29, 1.82) is 0 Å². The Morgan fingerprint density at radius 2 is 2.00 bits per heavy atom. The van der Waals surface area contributed by atoms with Crippen molar-refractivity contribution < 1.29 is 5.11 Å². The second-order valence-corrected chi connectivity index (χ2v) is 3.66. The first kappa shape index (κ1) is 10.1. The van der Waals surface area contributed by atoms with Gasteiger partial charge in [0.15, 0.2) is 0 Å². The van der Waals surface area contributed by atoms with Crippen LogP contribution in [0.2, 0.25) is 0 Å². The van der Waals surface area contributed by atoms with E-state index in [1.54, 1.807) is 13.1 Å². The highest BCUT2D eigenvalue weighted by Crippen LogP contribution is 2.25. The molecular weight excluding hydrogens is 164 g/mol. The van der Waals surface area contributed by atoms with E-state index in [1.165, 1.54) is 0 Å². The number of nitrogens with zero attached hydrogens (tertiary/aromatic N) is 2. The molecule has 1 N–H and O–H groups in total. The molecule has 0 bridgehead atoms. The number of hydrogen-bond acceptors (Lipinski definition) is 3. The second kappa shape index (κ2) is 4.33. The normalized spacial score (nSPS) is 15.8. The highest BCUT2D eigenvalue weighted by Gasteiger charge is 2.22. The lowest BCUT2D eigenvalue weighted by Gasteiger charge is -2.22. The van der Waals surface area contributed by atoms with E-state index in [0.29, 0.717) is 5.92 Å². The number of aromatic nitrogens is 2. The van der Waals surface area contributed by atoms with E-state index in [1.807, 2.05) is 12.1 Å². The molecule has 0 spiro atoms. The molecule has 0 fully saturated rings. The van der Waals surface area contributed by atoms with Crippen LogP contribution in [-0.4, -0.2) is 21.4 Å². The molecule has 3 heteroatoms. The standard InChI is InChI=1S/C10H16N2O/c1-7(2)10(8(3)13)9-5-4-6-11-12-9/h4-8,10,13H,1-3H3. The van der Waals surface area contributed by atoms with Gasteiger partial charge in [-0.25, -0.2) is 0 Å². The molecule has 0 aliphatic carbocycles. The topological polar surface area (TPSA) is 46.0 Å². The first-order chi connectivity index (χ1) is 6.13. The second-order valence-electron chi connectivity index (χ2n) is 3.66. The third-order valence-corrected chi connectivity index (χ3v) is 2.17. The van der Waals surface area contributed by atoms with Crippen LogP contribution in [0.4, 0.5) is 0 Å². The van der Waals surface area contributed by atoms with Gasteiger partial charge >= 0.3 is 0 Å². The van der Waals surface area contributed by atoms with Crippen LogP contribution in [0.3, 0.4) is 0 Å². The Kier molecular flexibility index (Phi) is 3.37. The Bertz CT molecular complexity index is 238. The largest absolute Gasteiger partial charge is 0.393 e. The maximum atomic E-state index is 9.57. The van der Waals surface area contributed by atoms with Crippen LogP contribution in [0, 0.1) is 5.92 Å². The van der Waals surface area contributed by atoms with E-state index < -0.39 is 0 Å². The van der Waals surface area contributed by atoms with Crippen molar-refractivity contribution in [2.45, 2.75) is 32.8 Å². The van der Waals surface area contributed by atoms with Gasteiger partial charge in [-0.2, -0.15) is 10.2 Å². The Hall–Kier alpha value is -0.960. The molecule has 3 nitrogen and oxygen atoms in total. The summed E-state index contributed by atoms with van der Waals surface area (Å²) in [6, 6.07) is 3.75. The molecular formula is C10H16N2O. The third kappa shape index (κ3) is 2.49. The van der Waals surface area contributed by atoms with Crippen molar-refractivity contribution in [2.24, 2.45) is 5.92 Å². The van der Waals surface area contributed by atoms with Gasteiger partial charge in [-0.05, 0) is 25.0 Å². The Morgan fingerprint density at radius 1 is 1.31 bits per heavy atom. The SMILES string of the molecule is CC(C)C(c1cccnn1)C(C)O. The van der Waals surface area contributed by atoms with Crippen LogP contribution in [0.1, 0.15) is 32.4 Å². The van der Waals surface area contributed by atoms with Crippen molar-refractivity contribution in [3.8, 4) is 0 Å². The summed E-state index contributed by atoms with van der Waals surface area (Å²) in [5.41, 5.74) is 0.868. The molecule has 1 aromatic rings. The highest BCUT2D eigenvalue weighted by atomic mass is 16.3. The summed E-state index contributed by atoms with van der Waals surface area (Å²) in [7, 11) is 0. The number of aliphatic hydroxyl groups excluding tert-OH is 1. The van der Waals surface area contributed by atoms with Crippen LogP contribution in [0.15, 0.2) is 18.3 Å². The van der Waals surface area contributed by atoms with E-state index >= 15 is 0 Å². The summed E-state index contributed by atoms with van der Waals surface area (Å²) in [4.78, 5) is 0. The van der Waals surface area contributed by atoms with E-state index in [9.17, 15) is 5.11 Å². The number of rotatable bonds is 3. The van der Waals surface area contributed by atoms with E-state index in [-0.39, 0.29) is 12.0 Å². The maximum Gasteiger partial charge on any atom is 0.0690 e. The first-order valence-corrected chi connectivity index (χ1v) is 4.58. The maximum absolute atomic E-state index is 9.57. The van der Waals surface area contributed by atoms with Crippen LogP contribution >= 0.6 is 0 Å². The molecule has 13 heavy (non-hydrogen) atoms. The minimum Gasteiger partial charge on any atom is -0.393 e. The minimum atomic E-state index is -0.378. The third-order valence-electron chi connectivity index (χ3n) is 2.17. The van der Waals surface area contributed by atoms with Gasteiger partial charge in [0.2, 0.25) is 0 Å². The summed E-state index contributed by atoms with van der Waals surface area (Å²) >= 11 is 0. The summed E-state index contributed by atoms with van der Waals surface area (Å²) in [6.45, 7) is 5.94. The summed E-state index contributed by atoms with van der Waals surface area (Å²) < 4.78 is 0. The lowest BCUT2D eigenvalue weighted by atomic mass is 9.88. The zero-order valence-corrected chi connectivity index (χ0v) is 8.31. The van der Waals surface area contributed by atoms with Gasteiger partial charge in [0.25, 0.3) is 0 Å². The molecule has 1 rings (SSSR count). The summed E-state index contributed by atoms with van der Waals surface area (Å²) in [5.74, 6) is 0.449. The van der Waals surface area contributed by atoms with Crippen molar-refractivity contribution >= 4 is 0 Å². The Balaban J connectivity index is 2.89. The lowest BCUT2D eigenvalue weighted by molar-refractivity contribution is 0.137. The average molecular weight is 180 g/mol. The van der Waals surface area contributed by atoms with Crippen molar-refractivity contribution in [3.63, 3.8) is 0 Å². The predicted molar refractivity (Wildman–Crippen MR) is 51.3 cm³/mol. The molecule has 0 amide bonds. The fourth-order valence-electron chi connectivity index (χ4n) is 1.64. The highest BCUT2D eigenvalue weighted by molar-refractivity contribution is 5.08. The molecule has 0 aliphatic rings. The number of aliphatic hydroxyl groups is 1. The molecule has 1 heterocycles. The number of hydrogen-bond donors (Lipinski definition) is 1. The van der Waals surface area contributed by atoms with Gasteiger partial charge in [0.05, 0.1) is 11.8 Å². The smallest absolute Gasteiger partial charge is 0.0690 e. The molecule has 0 saturated carbocycles. The van der Waals surface area contributed by atoms with Gasteiger partial charge in [0, 0.05) is 12.1 Å². The van der Waals surface area contributed by atoms with Crippen molar-refractivity contribution in [2.75, 3.05) is 0 Å². The van der Waals surface area contributed by atoms with E-state index in [0.717, 1.165) is 5.69 Å². The Morgan fingerprint density at radius 3 is 2.38 bits per heavy atom. The lowest BCUT2D eigenvalue weighted by Crippen LogP contribution is -2.21. The molecule has 0 saturated heterocycles. The van der Waals surface area contributed by atoms with Gasteiger partial charge in [-0.15, -0.1) is 0 Å². The van der Waals surface area contributed by atoms with E-state index in [4.69, 9.17) is 0 Å². The monoisotopic (exact) mass is 180 g/mol. The molecule has 0 radical (unpaired) electrons. The van der Waals surface area contributed by atoms with Gasteiger partial charge in [-0.1, -0.05) is 13.8 Å². The van der Waals surface area contributed by atoms with E-state index in [2.05, 4.69) is 24.0 Å². The predicted octanol–water partition coefficient (Wildman–Crippen LogP) is 1.60. The van der Waals surface area contributed by atoms with Crippen LogP contribution in [0.25, 0.3) is 0 Å². The zero-order chi connectivity index (χ0) is 9.84. The van der Waals surface area contributed by atoms with Gasteiger partial charge < -0.3 is 5.11 Å². The molecule has 0 aliphatic heterocycles. The molecule has 2 atom stereocenters. The van der Waals surface area contributed by atoms with Crippen molar-refractivity contribution in [3.05, 3.63) is 24.0 Å². The summed E-state index contributed by atoms with van der Waals surface area (Å²) in [6.07, 6.45) is 1.26. The fourth-order valence-corrected chi connectivity index (χ4v) is 1.64. The van der Waals surface area contributed by atoms with Gasteiger partial charge in [-0.3, -0.25) is 0 Å². The molecule has 0 aromatic carbocycles. The Labute approximate surface area is 78.8 Å². The fraction of sp³-hybridized carbons (Fsp3) is 0.600. The molecule has 1 aromatic heterocycles. The van der Waals surface area contributed by atoms with Crippen LogP contribution in [0.5, 0.6) is 0 Å². The zero-order valence-electron chi connectivity index (χ0n) is 8.31. The average Bonchev–Trinajstić information content (AvgIpc) is 2.04. The molecule has 72 valence electrons. The minimum absolute atomic E-state index is 0.0775. The quantitative estimate of drug-likeness (QED) is 0.768. The molecule has 2 unspecified atom stereocenters. The summed E-state index contributed by atoms with van der Waals surface area (Å²) in [5, 5.41) is 17.4. The van der Waals surface area contributed by atoms with Gasteiger partial charge in [0.1, 0.15) is 0 Å². The first-order valence-electron chi connectivity index (χ1n) is 4.58. The van der Waals surface area contributed by atoms with Crippen LogP contribution < -0.4 is 0 Å². The van der Waals surface area contributed by atoms with Crippen molar-refractivity contribution in [1.82, 2.24) is 10.2 Å².